The predicted molar refractivity (Wildman–Crippen MR) is 71.3 cm³/mol. The van der Waals surface area contributed by atoms with E-state index in [4.69, 9.17) is 10.5 Å². The van der Waals surface area contributed by atoms with E-state index < -0.39 is 6.04 Å². The van der Waals surface area contributed by atoms with Crippen molar-refractivity contribution in [3.05, 3.63) is 36.0 Å². The summed E-state index contributed by atoms with van der Waals surface area (Å²) in [6, 6.07) is 7.34. The van der Waals surface area contributed by atoms with Gasteiger partial charge in [-0.3, -0.25) is 4.79 Å². The summed E-state index contributed by atoms with van der Waals surface area (Å²) in [6.45, 7) is 4.07. The second-order valence-electron chi connectivity index (χ2n) is 4.36. The number of aromatic nitrogens is 1. The molecule has 1 heterocycles. The Morgan fingerprint density at radius 3 is 2.89 bits per heavy atom. The molecule has 96 valence electrons. The molecular weight excluding hydrogens is 228 g/mol. The summed E-state index contributed by atoms with van der Waals surface area (Å²) in [5.41, 5.74) is 8.04. The molecule has 0 aliphatic carbocycles. The number of ether oxygens (including phenoxy) is 1. The second-order valence-corrected chi connectivity index (χ2v) is 4.36. The van der Waals surface area contributed by atoms with Crippen LogP contribution in [0.5, 0.6) is 0 Å². The summed E-state index contributed by atoms with van der Waals surface area (Å²) in [7, 11) is 0. The lowest BCUT2D eigenvalue weighted by Gasteiger charge is -2.17. The maximum atomic E-state index is 11.7. The first kappa shape index (κ1) is 12.6. The van der Waals surface area contributed by atoms with Crippen molar-refractivity contribution in [1.82, 2.24) is 4.98 Å². The summed E-state index contributed by atoms with van der Waals surface area (Å²) < 4.78 is 4.96. The number of hydrogen-bond acceptors (Lipinski definition) is 3. The van der Waals surface area contributed by atoms with E-state index in [1.54, 1.807) is 6.92 Å². The molecule has 4 nitrogen and oxygen atoms in total. The van der Waals surface area contributed by atoms with Gasteiger partial charge < -0.3 is 15.5 Å². The zero-order valence-electron chi connectivity index (χ0n) is 10.6. The Bertz CT molecular complexity index is 547. The van der Waals surface area contributed by atoms with Crippen molar-refractivity contribution in [1.29, 1.82) is 0 Å². The van der Waals surface area contributed by atoms with Crippen molar-refractivity contribution in [3.8, 4) is 0 Å². The molecule has 0 radical (unpaired) electrons. The molecule has 0 bridgehead atoms. The third-order valence-corrected chi connectivity index (χ3v) is 3.21. The zero-order chi connectivity index (χ0) is 13.1. The molecule has 0 fully saturated rings. The minimum Gasteiger partial charge on any atom is -0.465 e. The van der Waals surface area contributed by atoms with Gasteiger partial charge in [-0.2, -0.15) is 0 Å². The van der Waals surface area contributed by atoms with Crippen LogP contribution in [0.25, 0.3) is 10.9 Å². The lowest BCUT2D eigenvalue weighted by molar-refractivity contribution is -0.145. The summed E-state index contributed by atoms with van der Waals surface area (Å²) >= 11 is 0. The van der Waals surface area contributed by atoms with Gasteiger partial charge in [0.15, 0.2) is 0 Å². The highest BCUT2D eigenvalue weighted by Gasteiger charge is 2.25. The van der Waals surface area contributed by atoms with E-state index in [0.29, 0.717) is 6.61 Å². The monoisotopic (exact) mass is 246 g/mol. The van der Waals surface area contributed by atoms with Gasteiger partial charge in [0, 0.05) is 23.0 Å². The molecule has 18 heavy (non-hydrogen) atoms. The Labute approximate surface area is 106 Å². The molecule has 0 aliphatic rings. The Morgan fingerprint density at radius 1 is 1.44 bits per heavy atom. The van der Waals surface area contributed by atoms with Gasteiger partial charge in [0.25, 0.3) is 0 Å². The van der Waals surface area contributed by atoms with E-state index in [0.717, 1.165) is 16.5 Å². The highest BCUT2D eigenvalue weighted by atomic mass is 16.5. The molecule has 2 aromatic rings. The third-order valence-electron chi connectivity index (χ3n) is 3.21. The average molecular weight is 246 g/mol. The van der Waals surface area contributed by atoms with Gasteiger partial charge in [-0.15, -0.1) is 0 Å². The number of hydrogen-bond donors (Lipinski definition) is 2. The molecule has 2 rings (SSSR count). The molecule has 1 unspecified atom stereocenters. The Kier molecular flexibility index (Phi) is 3.67. The van der Waals surface area contributed by atoms with Gasteiger partial charge in [-0.1, -0.05) is 25.1 Å². The normalized spacial score (nSPS) is 14.4. The number of rotatable bonds is 4. The number of esters is 1. The first-order valence-electron chi connectivity index (χ1n) is 6.13. The van der Waals surface area contributed by atoms with Gasteiger partial charge in [-0.05, 0) is 18.6 Å². The molecule has 0 aliphatic heterocycles. The Balaban J connectivity index is 2.28. The van der Waals surface area contributed by atoms with Crippen LogP contribution >= 0.6 is 0 Å². The van der Waals surface area contributed by atoms with Crippen LogP contribution in [0.15, 0.2) is 30.5 Å². The number of aromatic amines is 1. The smallest absolute Gasteiger partial charge is 0.323 e. The van der Waals surface area contributed by atoms with Crippen LogP contribution in [0.3, 0.4) is 0 Å². The molecule has 2 atom stereocenters. The number of fused-ring (bicyclic) bond motifs is 1. The fourth-order valence-corrected chi connectivity index (χ4v) is 2.11. The minimum absolute atomic E-state index is 0.0831. The molecule has 0 saturated carbocycles. The van der Waals surface area contributed by atoms with Crippen molar-refractivity contribution < 1.29 is 9.53 Å². The van der Waals surface area contributed by atoms with Crippen LogP contribution in [0, 0.1) is 0 Å². The predicted octanol–water partition coefficient (Wildman–Crippen LogP) is 2.16. The van der Waals surface area contributed by atoms with Crippen LogP contribution in [-0.4, -0.2) is 23.6 Å². The zero-order valence-corrected chi connectivity index (χ0v) is 10.6. The van der Waals surface area contributed by atoms with Crippen molar-refractivity contribution in [2.45, 2.75) is 25.8 Å². The van der Waals surface area contributed by atoms with Crippen LogP contribution < -0.4 is 5.73 Å². The average Bonchev–Trinajstić information content (AvgIpc) is 2.81. The van der Waals surface area contributed by atoms with E-state index >= 15 is 0 Å². The SMILES string of the molecule is CCOC(=O)C(N)[C@@H](C)c1c[nH]c2ccccc12. The van der Waals surface area contributed by atoms with E-state index in [9.17, 15) is 4.79 Å². The van der Waals surface area contributed by atoms with Gasteiger partial charge in [0.05, 0.1) is 6.61 Å². The molecule has 0 spiro atoms. The second kappa shape index (κ2) is 5.23. The molecule has 0 saturated heterocycles. The lowest BCUT2D eigenvalue weighted by atomic mass is 9.93. The third kappa shape index (κ3) is 2.24. The highest BCUT2D eigenvalue weighted by Crippen LogP contribution is 2.27. The summed E-state index contributed by atoms with van der Waals surface area (Å²) in [5, 5.41) is 1.10. The Hall–Kier alpha value is -1.81. The number of H-pyrrole nitrogens is 1. The number of benzene rings is 1. The van der Waals surface area contributed by atoms with Crippen molar-refractivity contribution in [2.24, 2.45) is 5.73 Å². The van der Waals surface area contributed by atoms with Crippen LogP contribution in [0.4, 0.5) is 0 Å². The number of carbonyl (C=O) groups excluding carboxylic acids is 1. The maximum Gasteiger partial charge on any atom is 0.323 e. The molecule has 0 amide bonds. The molecular formula is C14H18N2O2. The summed E-state index contributed by atoms with van der Waals surface area (Å²) in [4.78, 5) is 14.8. The summed E-state index contributed by atoms with van der Waals surface area (Å²) in [5.74, 6) is -0.435. The molecule has 1 aromatic heterocycles. The fourth-order valence-electron chi connectivity index (χ4n) is 2.11. The van der Waals surface area contributed by atoms with E-state index in [-0.39, 0.29) is 11.9 Å². The minimum atomic E-state index is -0.635. The number of nitrogens with one attached hydrogen (secondary N) is 1. The van der Waals surface area contributed by atoms with E-state index in [1.807, 2.05) is 37.4 Å². The van der Waals surface area contributed by atoms with Gasteiger partial charge in [0.2, 0.25) is 0 Å². The van der Waals surface area contributed by atoms with Crippen molar-refractivity contribution in [2.75, 3.05) is 6.61 Å². The van der Waals surface area contributed by atoms with Crippen LogP contribution in [0.1, 0.15) is 25.3 Å². The first-order chi connectivity index (χ1) is 8.65. The number of para-hydroxylation sites is 1. The van der Waals surface area contributed by atoms with Crippen molar-refractivity contribution in [3.63, 3.8) is 0 Å². The number of nitrogens with two attached hydrogens (primary N) is 1. The van der Waals surface area contributed by atoms with Crippen LogP contribution in [-0.2, 0) is 9.53 Å². The molecule has 1 aromatic carbocycles. The van der Waals surface area contributed by atoms with E-state index in [1.165, 1.54) is 0 Å². The maximum absolute atomic E-state index is 11.7. The van der Waals surface area contributed by atoms with Gasteiger partial charge >= 0.3 is 5.97 Å². The lowest BCUT2D eigenvalue weighted by Crippen LogP contribution is -2.37. The Morgan fingerprint density at radius 2 is 2.17 bits per heavy atom. The standard InChI is InChI=1S/C14H18N2O2/c1-3-18-14(17)13(15)9(2)11-8-16-12-7-5-4-6-10(11)12/h4-9,13,16H,3,15H2,1-2H3/t9-,13?/m0/s1. The van der Waals surface area contributed by atoms with Gasteiger partial charge in [0.1, 0.15) is 6.04 Å². The quantitative estimate of drug-likeness (QED) is 0.812. The fraction of sp³-hybridized carbons (Fsp3) is 0.357. The summed E-state index contributed by atoms with van der Waals surface area (Å²) in [6.07, 6.45) is 1.91. The number of carbonyl (C=O) groups is 1. The largest absolute Gasteiger partial charge is 0.465 e. The topological polar surface area (TPSA) is 68.1 Å². The molecule has 3 N–H and O–H groups in total. The first-order valence-corrected chi connectivity index (χ1v) is 6.13. The molecule has 4 heteroatoms. The van der Waals surface area contributed by atoms with E-state index in [2.05, 4.69) is 4.98 Å². The van der Waals surface area contributed by atoms with Gasteiger partial charge in [-0.25, -0.2) is 0 Å². The van der Waals surface area contributed by atoms with Crippen molar-refractivity contribution >= 4 is 16.9 Å². The van der Waals surface area contributed by atoms with Crippen LogP contribution in [0.2, 0.25) is 0 Å². The highest BCUT2D eigenvalue weighted by molar-refractivity contribution is 5.85.